The Hall–Kier alpha value is -3.82. The highest BCUT2D eigenvalue weighted by Gasteiger charge is 2.31. The van der Waals surface area contributed by atoms with Crippen LogP contribution in [0.4, 0.5) is 4.39 Å². The lowest BCUT2D eigenvalue weighted by Crippen LogP contribution is -2.39. The van der Waals surface area contributed by atoms with E-state index in [1.807, 2.05) is 26.0 Å². The third-order valence-electron chi connectivity index (χ3n) is 5.59. The number of H-pyrrole nitrogens is 1. The summed E-state index contributed by atoms with van der Waals surface area (Å²) in [4.78, 5) is 27.0. The summed E-state index contributed by atoms with van der Waals surface area (Å²) >= 11 is 0. The quantitative estimate of drug-likeness (QED) is 0.338. The summed E-state index contributed by atoms with van der Waals surface area (Å²) in [6.45, 7) is 3.15. The average molecular weight is 508 g/mol. The van der Waals surface area contributed by atoms with Crippen molar-refractivity contribution in [1.29, 1.82) is 0 Å². The van der Waals surface area contributed by atoms with Crippen molar-refractivity contribution in [3.63, 3.8) is 0 Å². The lowest BCUT2D eigenvalue weighted by atomic mass is 10.0. The normalized spacial score (nSPS) is 11.8. The molecule has 1 heterocycles. The first-order chi connectivity index (χ1) is 17.2. The van der Waals surface area contributed by atoms with E-state index in [9.17, 15) is 22.4 Å². The molecule has 0 aliphatic rings. The Morgan fingerprint density at radius 2 is 1.53 bits per heavy atom. The third kappa shape index (κ3) is 5.22. The third-order valence-corrected chi connectivity index (χ3v) is 7.41. The maximum Gasteiger partial charge on any atom is 0.282 e. The number of carbonyl (C=O) groups is 1. The highest BCUT2D eigenvalue weighted by Crippen LogP contribution is 2.23. The Morgan fingerprint density at radius 3 is 2.11 bits per heavy atom. The van der Waals surface area contributed by atoms with E-state index in [-0.39, 0.29) is 22.9 Å². The molecule has 0 unspecified atom stereocenters. The molecule has 0 aliphatic carbocycles. The largest absolute Gasteiger partial charge is 0.292 e. The van der Waals surface area contributed by atoms with Gasteiger partial charge in [-0.1, -0.05) is 62.4 Å². The van der Waals surface area contributed by atoms with Gasteiger partial charge in [0, 0.05) is 12.1 Å². The molecule has 0 aliphatic heterocycles. The molecule has 186 valence electrons. The molecule has 0 atom stereocenters. The fourth-order valence-electron chi connectivity index (χ4n) is 3.92. The predicted octanol–water partition coefficient (Wildman–Crippen LogP) is 4.50. The summed E-state index contributed by atoms with van der Waals surface area (Å²) in [6.07, 6.45) is 0. The number of sulfonamides is 1. The lowest BCUT2D eigenvalue weighted by molar-refractivity contribution is 0.0963. The van der Waals surface area contributed by atoms with Gasteiger partial charge in [-0.3, -0.25) is 14.7 Å². The number of ketones is 1. The van der Waals surface area contributed by atoms with Crippen LogP contribution in [0.2, 0.25) is 0 Å². The number of hydrogen-bond donors (Lipinski definition) is 1. The second-order valence-electron chi connectivity index (χ2n) is 8.77. The monoisotopic (exact) mass is 507 g/mol. The molecule has 9 heteroatoms. The number of aromatic amines is 1. The summed E-state index contributed by atoms with van der Waals surface area (Å²) in [5.41, 5.74) is 0.751. The van der Waals surface area contributed by atoms with E-state index in [4.69, 9.17) is 0 Å². The van der Waals surface area contributed by atoms with Crippen molar-refractivity contribution in [3.05, 3.63) is 107 Å². The van der Waals surface area contributed by atoms with E-state index >= 15 is 0 Å². The molecule has 0 amide bonds. The number of benzene rings is 3. The summed E-state index contributed by atoms with van der Waals surface area (Å²) in [5.74, 6) is -1.31. The van der Waals surface area contributed by atoms with Crippen molar-refractivity contribution in [2.24, 2.45) is 5.92 Å². The second kappa shape index (κ2) is 10.4. The van der Waals surface area contributed by atoms with Crippen LogP contribution in [0.5, 0.6) is 0 Å². The molecule has 0 saturated carbocycles. The smallest absolute Gasteiger partial charge is 0.282 e. The first-order valence-corrected chi connectivity index (χ1v) is 12.9. The zero-order valence-corrected chi connectivity index (χ0v) is 20.7. The summed E-state index contributed by atoms with van der Waals surface area (Å²) in [6, 6.07) is 22.2. The molecule has 0 bridgehead atoms. The van der Waals surface area contributed by atoms with Gasteiger partial charge in [0.05, 0.1) is 22.8 Å². The summed E-state index contributed by atoms with van der Waals surface area (Å²) < 4.78 is 42.5. The van der Waals surface area contributed by atoms with Crippen LogP contribution in [0.25, 0.3) is 16.9 Å². The Bertz CT molecular complexity index is 1510. The molecule has 0 spiro atoms. The second-order valence-corrected chi connectivity index (χ2v) is 10.7. The van der Waals surface area contributed by atoms with E-state index < -0.39 is 33.7 Å². The molecule has 3 aromatic carbocycles. The van der Waals surface area contributed by atoms with Crippen LogP contribution in [0.1, 0.15) is 24.2 Å². The van der Waals surface area contributed by atoms with Gasteiger partial charge >= 0.3 is 0 Å². The van der Waals surface area contributed by atoms with Crippen molar-refractivity contribution in [1.82, 2.24) is 14.1 Å². The van der Waals surface area contributed by atoms with Crippen LogP contribution < -0.4 is 5.56 Å². The number of carbonyl (C=O) groups excluding carboxylic acids is 1. The van der Waals surface area contributed by atoms with Crippen LogP contribution in [0.15, 0.2) is 94.6 Å². The number of hydrogen-bond acceptors (Lipinski definition) is 4. The summed E-state index contributed by atoms with van der Waals surface area (Å²) in [7, 11) is -4.12. The van der Waals surface area contributed by atoms with Crippen molar-refractivity contribution in [2.45, 2.75) is 18.7 Å². The number of aromatic nitrogens is 2. The number of para-hydroxylation sites is 1. The van der Waals surface area contributed by atoms with Crippen LogP contribution in [-0.4, -0.2) is 41.4 Å². The molecule has 1 N–H and O–H groups in total. The molecule has 1 aromatic heterocycles. The van der Waals surface area contributed by atoms with Gasteiger partial charge in [0.2, 0.25) is 10.0 Å². The molecule has 0 fully saturated rings. The van der Waals surface area contributed by atoms with Gasteiger partial charge in [-0.25, -0.2) is 17.5 Å². The minimum atomic E-state index is -4.12. The number of halogens is 1. The fourth-order valence-corrected chi connectivity index (χ4v) is 5.48. The maximum atomic E-state index is 13.6. The van der Waals surface area contributed by atoms with Gasteiger partial charge in [0.25, 0.3) is 5.56 Å². The van der Waals surface area contributed by atoms with Gasteiger partial charge in [-0.15, -0.1) is 0 Å². The molecule has 36 heavy (non-hydrogen) atoms. The molecule has 0 radical (unpaired) electrons. The van der Waals surface area contributed by atoms with Crippen LogP contribution in [-0.2, 0) is 10.0 Å². The van der Waals surface area contributed by atoms with Crippen molar-refractivity contribution >= 4 is 15.8 Å². The predicted molar refractivity (Wildman–Crippen MR) is 136 cm³/mol. The number of nitrogens with zero attached hydrogens (tertiary/aromatic N) is 2. The minimum Gasteiger partial charge on any atom is -0.292 e. The van der Waals surface area contributed by atoms with Gasteiger partial charge in [0.1, 0.15) is 11.4 Å². The van der Waals surface area contributed by atoms with Crippen molar-refractivity contribution in [3.8, 4) is 16.9 Å². The zero-order chi connectivity index (χ0) is 25.9. The van der Waals surface area contributed by atoms with Crippen molar-refractivity contribution in [2.75, 3.05) is 13.1 Å². The lowest BCUT2D eigenvalue weighted by Gasteiger charge is -2.23. The van der Waals surface area contributed by atoms with Gasteiger partial charge in [-0.05, 0) is 42.3 Å². The molecular formula is C27H26FN3O4S. The average Bonchev–Trinajstić information content (AvgIpc) is 3.22. The zero-order valence-electron chi connectivity index (χ0n) is 19.9. The Kier molecular flexibility index (Phi) is 7.32. The number of nitrogens with one attached hydrogen (secondary N) is 1. The van der Waals surface area contributed by atoms with Gasteiger partial charge in [-0.2, -0.15) is 4.31 Å². The first-order valence-electron chi connectivity index (χ1n) is 11.4. The van der Waals surface area contributed by atoms with Crippen LogP contribution in [0, 0.1) is 11.7 Å². The molecular weight excluding hydrogens is 481 g/mol. The number of rotatable bonds is 9. The summed E-state index contributed by atoms with van der Waals surface area (Å²) in [5, 5.41) is 3.03. The first kappa shape index (κ1) is 25.3. The Labute approximate surface area is 208 Å². The van der Waals surface area contributed by atoms with E-state index in [1.165, 1.54) is 4.68 Å². The van der Waals surface area contributed by atoms with E-state index in [2.05, 4.69) is 5.10 Å². The Morgan fingerprint density at radius 1 is 0.944 bits per heavy atom. The SMILES string of the molecule is CC(C)CN(CC(=O)c1c(-c2ccccc2)[nH]n(-c2ccccc2)c1=O)S(=O)(=O)c1ccc(F)cc1. The van der Waals surface area contributed by atoms with E-state index in [0.717, 1.165) is 28.6 Å². The highest BCUT2D eigenvalue weighted by molar-refractivity contribution is 7.89. The molecule has 4 rings (SSSR count). The topological polar surface area (TPSA) is 92.2 Å². The van der Waals surface area contributed by atoms with Crippen LogP contribution >= 0.6 is 0 Å². The van der Waals surface area contributed by atoms with Crippen molar-refractivity contribution < 1.29 is 17.6 Å². The minimum absolute atomic E-state index is 0.0451. The highest BCUT2D eigenvalue weighted by atomic mass is 32.2. The van der Waals surface area contributed by atoms with Gasteiger partial charge in [0.15, 0.2) is 5.78 Å². The van der Waals surface area contributed by atoms with E-state index in [1.54, 1.807) is 48.5 Å². The van der Waals surface area contributed by atoms with Crippen LogP contribution in [0.3, 0.4) is 0 Å². The molecule has 7 nitrogen and oxygen atoms in total. The Balaban J connectivity index is 1.79. The standard InChI is InChI=1S/C27H26FN3O4S/c1-19(2)17-30(36(34,35)23-15-13-21(28)14-16-23)18-24(32)25-26(20-9-5-3-6-10-20)29-31(27(25)33)22-11-7-4-8-12-22/h3-16,19,29H,17-18H2,1-2H3. The molecule has 4 aromatic rings. The van der Waals surface area contributed by atoms with E-state index in [0.29, 0.717) is 16.9 Å². The van der Waals surface area contributed by atoms with Gasteiger partial charge < -0.3 is 0 Å². The number of Topliss-reactive ketones (excluding diaryl/α,β-unsaturated/α-hetero) is 1. The molecule has 0 saturated heterocycles. The fraction of sp³-hybridized carbons (Fsp3) is 0.185. The maximum absolute atomic E-state index is 13.6.